The van der Waals surface area contributed by atoms with Crippen LogP contribution in [-0.2, 0) is 0 Å². The smallest absolute Gasteiger partial charge is 0.129 e. The van der Waals surface area contributed by atoms with Crippen LogP contribution in [-0.4, -0.2) is 4.98 Å². The Morgan fingerprint density at radius 2 is 1.62 bits per heavy atom. The molecule has 2 nitrogen and oxygen atoms in total. The molecule has 0 aliphatic carbocycles. The summed E-state index contributed by atoms with van der Waals surface area (Å²) in [5, 5.41) is 4.51. The van der Waals surface area contributed by atoms with Crippen LogP contribution in [0.25, 0.3) is 32.2 Å². The number of pyridine rings is 1. The minimum absolute atomic E-state index is 0.0254. The van der Waals surface area contributed by atoms with Crippen LogP contribution in [0.4, 0.5) is 0 Å². The lowest BCUT2D eigenvalue weighted by molar-refractivity contribution is 0.230. The predicted molar refractivity (Wildman–Crippen MR) is 123 cm³/mol. The van der Waals surface area contributed by atoms with Crippen LogP contribution in [0.15, 0.2) is 84.2 Å². The number of rotatable bonds is 4. The normalized spacial score (nSPS) is 12.3. The van der Waals surface area contributed by atoms with Gasteiger partial charge in [0.05, 0.1) is 11.2 Å². The Hall–Kier alpha value is -3.17. The van der Waals surface area contributed by atoms with Gasteiger partial charge < -0.3 is 4.74 Å². The third-order valence-corrected chi connectivity index (χ3v) is 6.31. The van der Waals surface area contributed by atoms with Gasteiger partial charge in [0.15, 0.2) is 0 Å². The van der Waals surface area contributed by atoms with Gasteiger partial charge in [0.1, 0.15) is 11.9 Å². The zero-order valence-corrected chi connectivity index (χ0v) is 17.2. The Kier molecular flexibility index (Phi) is 4.53. The van der Waals surface area contributed by atoms with E-state index in [2.05, 4.69) is 79.9 Å². The maximum atomic E-state index is 6.33. The van der Waals surface area contributed by atoms with E-state index in [-0.39, 0.29) is 6.10 Å². The molecule has 29 heavy (non-hydrogen) atoms. The summed E-state index contributed by atoms with van der Waals surface area (Å²) in [7, 11) is 0. The molecular formula is C26H21NOS. The van der Waals surface area contributed by atoms with E-state index in [0.29, 0.717) is 0 Å². The first-order valence-corrected chi connectivity index (χ1v) is 10.7. The molecule has 0 fully saturated rings. The number of hydrogen-bond acceptors (Lipinski definition) is 3. The van der Waals surface area contributed by atoms with Gasteiger partial charge in [-0.25, -0.2) is 4.98 Å². The van der Waals surface area contributed by atoms with Gasteiger partial charge in [-0.1, -0.05) is 54.6 Å². The molecule has 0 amide bonds. The highest BCUT2D eigenvalue weighted by Crippen LogP contribution is 2.36. The van der Waals surface area contributed by atoms with Crippen LogP contribution >= 0.6 is 11.3 Å². The first kappa shape index (κ1) is 17.9. The van der Waals surface area contributed by atoms with Gasteiger partial charge in [-0.15, -0.1) is 11.3 Å². The van der Waals surface area contributed by atoms with Gasteiger partial charge in [-0.3, -0.25) is 0 Å². The third kappa shape index (κ3) is 3.28. The van der Waals surface area contributed by atoms with Crippen molar-refractivity contribution < 1.29 is 4.74 Å². The standard InChI is InChI=1S/C26H21NOS/c1-17-12-15-24(28-18(2)19-8-4-3-5-9-19)21-13-14-23(27-26(17)21)22-16-29-25-11-7-6-10-20(22)25/h3-16,18H,1-2H3/t18-/m0/s1. The van der Waals surface area contributed by atoms with Crippen molar-refractivity contribution in [3.05, 3.63) is 95.4 Å². The summed E-state index contributed by atoms with van der Waals surface area (Å²) < 4.78 is 7.62. The Balaban J connectivity index is 1.57. The van der Waals surface area contributed by atoms with Crippen molar-refractivity contribution >= 4 is 32.3 Å². The molecule has 5 aromatic rings. The molecule has 3 heteroatoms. The van der Waals surface area contributed by atoms with E-state index in [0.717, 1.165) is 33.5 Å². The van der Waals surface area contributed by atoms with E-state index in [1.54, 1.807) is 11.3 Å². The summed E-state index contributed by atoms with van der Waals surface area (Å²) in [5.74, 6) is 0.871. The number of thiophene rings is 1. The van der Waals surface area contributed by atoms with Crippen LogP contribution in [0, 0.1) is 6.92 Å². The first-order valence-electron chi connectivity index (χ1n) is 9.79. The second-order valence-electron chi connectivity index (χ2n) is 7.29. The molecule has 2 aromatic heterocycles. The molecule has 0 N–H and O–H groups in total. The Morgan fingerprint density at radius 3 is 2.48 bits per heavy atom. The summed E-state index contributed by atoms with van der Waals surface area (Å²) >= 11 is 1.76. The summed E-state index contributed by atoms with van der Waals surface area (Å²) in [6.07, 6.45) is -0.0254. The Morgan fingerprint density at radius 1 is 0.828 bits per heavy atom. The van der Waals surface area contributed by atoms with Crippen molar-refractivity contribution in [2.24, 2.45) is 0 Å². The lowest BCUT2D eigenvalue weighted by Crippen LogP contribution is -2.03. The number of ether oxygens (including phenoxy) is 1. The molecule has 0 aliphatic rings. The van der Waals surface area contributed by atoms with Gasteiger partial charge in [-0.2, -0.15) is 0 Å². The van der Waals surface area contributed by atoms with Crippen molar-refractivity contribution in [1.82, 2.24) is 4.98 Å². The third-order valence-electron chi connectivity index (χ3n) is 5.35. The zero-order chi connectivity index (χ0) is 19.8. The number of aryl methyl sites for hydroxylation is 1. The van der Waals surface area contributed by atoms with Crippen LogP contribution in [0.3, 0.4) is 0 Å². The number of aromatic nitrogens is 1. The SMILES string of the molecule is Cc1ccc(O[C@@H](C)c2ccccc2)c2ccc(-c3csc4ccccc34)nc12. The van der Waals surface area contributed by atoms with E-state index >= 15 is 0 Å². The van der Waals surface area contributed by atoms with Gasteiger partial charge >= 0.3 is 0 Å². The van der Waals surface area contributed by atoms with E-state index in [9.17, 15) is 0 Å². The number of hydrogen-bond donors (Lipinski definition) is 0. The molecule has 0 radical (unpaired) electrons. The van der Waals surface area contributed by atoms with Crippen LogP contribution in [0.5, 0.6) is 5.75 Å². The van der Waals surface area contributed by atoms with Crippen molar-refractivity contribution in [3.8, 4) is 17.0 Å². The van der Waals surface area contributed by atoms with E-state index in [1.165, 1.54) is 15.6 Å². The minimum atomic E-state index is -0.0254. The average Bonchev–Trinajstić information content (AvgIpc) is 3.20. The molecule has 3 aromatic carbocycles. The molecule has 5 rings (SSSR count). The monoisotopic (exact) mass is 395 g/mol. The van der Waals surface area contributed by atoms with Crippen molar-refractivity contribution in [3.63, 3.8) is 0 Å². The minimum Gasteiger partial charge on any atom is -0.485 e. The fourth-order valence-corrected chi connectivity index (χ4v) is 4.69. The molecule has 2 heterocycles. The highest BCUT2D eigenvalue weighted by Gasteiger charge is 2.14. The Labute approximate surface area is 174 Å². The highest BCUT2D eigenvalue weighted by molar-refractivity contribution is 7.17. The van der Waals surface area contributed by atoms with Crippen molar-refractivity contribution in [1.29, 1.82) is 0 Å². The molecule has 1 atom stereocenters. The van der Waals surface area contributed by atoms with Gasteiger partial charge in [0.25, 0.3) is 0 Å². The summed E-state index contributed by atoms with van der Waals surface area (Å²) in [4.78, 5) is 5.03. The predicted octanol–water partition coefficient (Wildman–Crippen LogP) is 7.56. The Bertz CT molecular complexity index is 1310. The quantitative estimate of drug-likeness (QED) is 0.313. The molecule has 0 bridgehead atoms. The number of nitrogens with zero attached hydrogens (tertiary/aromatic N) is 1. The fraction of sp³-hybridized carbons (Fsp3) is 0.115. The molecule has 0 saturated carbocycles. The maximum Gasteiger partial charge on any atom is 0.129 e. The molecule has 0 spiro atoms. The first-order chi connectivity index (χ1) is 14.2. The van der Waals surface area contributed by atoms with E-state index in [4.69, 9.17) is 9.72 Å². The van der Waals surface area contributed by atoms with Crippen molar-refractivity contribution in [2.75, 3.05) is 0 Å². The number of benzene rings is 3. The molecular weight excluding hydrogens is 374 g/mol. The van der Waals surface area contributed by atoms with Gasteiger partial charge in [-0.05, 0) is 49.2 Å². The fourth-order valence-electron chi connectivity index (χ4n) is 3.74. The topological polar surface area (TPSA) is 22.1 Å². The summed E-state index contributed by atoms with van der Waals surface area (Å²) in [6.45, 7) is 4.19. The van der Waals surface area contributed by atoms with E-state index in [1.807, 2.05) is 18.2 Å². The maximum absolute atomic E-state index is 6.33. The highest BCUT2D eigenvalue weighted by atomic mass is 32.1. The molecule has 0 saturated heterocycles. The van der Waals surface area contributed by atoms with Crippen LogP contribution in [0.2, 0.25) is 0 Å². The van der Waals surface area contributed by atoms with Gasteiger partial charge in [0, 0.05) is 26.4 Å². The summed E-state index contributed by atoms with van der Waals surface area (Å²) in [6, 6.07) is 27.2. The largest absolute Gasteiger partial charge is 0.485 e. The second kappa shape index (κ2) is 7.34. The van der Waals surface area contributed by atoms with E-state index < -0.39 is 0 Å². The molecule has 0 aliphatic heterocycles. The average molecular weight is 396 g/mol. The lowest BCUT2D eigenvalue weighted by atomic mass is 10.1. The molecule has 142 valence electrons. The molecule has 0 unspecified atom stereocenters. The second-order valence-corrected chi connectivity index (χ2v) is 8.20. The van der Waals surface area contributed by atoms with Crippen LogP contribution < -0.4 is 4.74 Å². The van der Waals surface area contributed by atoms with Crippen molar-refractivity contribution in [2.45, 2.75) is 20.0 Å². The van der Waals surface area contributed by atoms with Crippen LogP contribution in [0.1, 0.15) is 24.2 Å². The summed E-state index contributed by atoms with van der Waals surface area (Å²) in [5.41, 5.74) is 5.51. The number of fused-ring (bicyclic) bond motifs is 2. The lowest BCUT2D eigenvalue weighted by Gasteiger charge is -2.17. The van der Waals surface area contributed by atoms with Gasteiger partial charge in [0.2, 0.25) is 0 Å². The zero-order valence-electron chi connectivity index (χ0n) is 16.4.